The van der Waals surface area contributed by atoms with Gasteiger partial charge >= 0.3 is 6.09 Å². The van der Waals surface area contributed by atoms with Crippen LogP contribution in [-0.4, -0.2) is 44.4 Å². The Morgan fingerprint density at radius 2 is 1.87 bits per heavy atom. The number of amides is 1. The molecule has 1 saturated heterocycles. The molecule has 0 atom stereocenters. The fraction of sp³-hybridized carbons (Fsp3) is 0.609. The minimum absolute atomic E-state index is 0.203. The highest BCUT2D eigenvalue weighted by atomic mass is 16.6. The summed E-state index contributed by atoms with van der Waals surface area (Å²) in [5, 5.41) is 4.78. The number of carbonyl (C=O) groups is 1. The smallest absolute Gasteiger partial charge is 0.410 e. The van der Waals surface area contributed by atoms with Crippen LogP contribution < -0.4 is 0 Å². The number of ether oxygens (including phenoxy) is 2. The topological polar surface area (TPSA) is 69.5 Å². The molecule has 2 heterocycles. The molecule has 2 aliphatic carbocycles. The first-order valence-corrected chi connectivity index (χ1v) is 10.8. The van der Waals surface area contributed by atoms with Crippen LogP contribution >= 0.6 is 0 Å². The van der Waals surface area contributed by atoms with Crippen LogP contribution in [0.5, 0.6) is 0 Å². The highest BCUT2D eigenvalue weighted by Gasteiger charge is 2.56. The van der Waals surface area contributed by atoms with Gasteiger partial charge in [0.15, 0.2) is 5.82 Å². The Morgan fingerprint density at radius 3 is 2.50 bits per heavy atom. The quantitative estimate of drug-likeness (QED) is 0.744. The minimum Gasteiger partial charge on any atom is -0.444 e. The van der Waals surface area contributed by atoms with Crippen molar-refractivity contribution in [1.82, 2.24) is 19.7 Å². The zero-order valence-electron chi connectivity index (χ0n) is 18.0. The third-order valence-corrected chi connectivity index (χ3v) is 6.39. The molecule has 7 nitrogen and oxygen atoms in total. The number of nitrogens with zero attached hydrogens (tertiary/aromatic N) is 4. The zero-order chi connectivity index (χ0) is 21.0. The van der Waals surface area contributed by atoms with Crippen LogP contribution in [0.3, 0.4) is 0 Å². The Kier molecular flexibility index (Phi) is 4.43. The molecule has 0 unspecified atom stereocenters. The van der Waals surface area contributed by atoms with Gasteiger partial charge in [-0.2, -0.15) is 5.10 Å². The first kappa shape index (κ1) is 19.5. The summed E-state index contributed by atoms with van der Waals surface area (Å²) in [6, 6.07) is 10.6. The molecule has 2 aromatic rings. The molecule has 3 fully saturated rings. The van der Waals surface area contributed by atoms with Crippen LogP contribution in [0.4, 0.5) is 4.79 Å². The lowest BCUT2D eigenvalue weighted by Crippen LogP contribution is -2.64. The van der Waals surface area contributed by atoms with Crippen molar-refractivity contribution in [2.45, 2.75) is 70.3 Å². The normalized spacial score (nSPS) is 21.8. The average Bonchev–Trinajstić information content (AvgIpc) is 3.26. The summed E-state index contributed by atoms with van der Waals surface area (Å²) in [5.41, 5.74) is 0.644. The second kappa shape index (κ2) is 6.80. The van der Waals surface area contributed by atoms with Gasteiger partial charge in [0, 0.05) is 18.5 Å². The maximum atomic E-state index is 12.2. The highest BCUT2D eigenvalue weighted by molar-refractivity contribution is 5.69. The van der Waals surface area contributed by atoms with Gasteiger partial charge in [0.25, 0.3) is 0 Å². The first-order valence-electron chi connectivity index (χ1n) is 10.8. The highest BCUT2D eigenvalue weighted by Crippen LogP contribution is 2.54. The zero-order valence-corrected chi connectivity index (χ0v) is 18.0. The lowest BCUT2D eigenvalue weighted by molar-refractivity contribution is -0.0930. The van der Waals surface area contributed by atoms with E-state index in [0.717, 1.165) is 44.6 Å². The molecular formula is C23H30N4O3. The summed E-state index contributed by atoms with van der Waals surface area (Å²) < 4.78 is 13.7. The Bertz CT molecular complexity index is 915. The Labute approximate surface area is 177 Å². The van der Waals surface area contributed by atoms with Gasteiger partial charge in [-0.1, -0.05) is 30.3 Å². The van der Waals surface area contributed by atoms with Crippen molar-refractivity contribution < 1.29 is 14.3 Å². The van der Waals surface area contributed by atoms with Crippen molar-refractivity contribution in [3.8, 4) is 0 Å². The third kappa shape index (κ3) is 3.71. The largest absolute Gasteiger partial charge is 0.444 e. The molecule has 1 aliphatic heterocycles. The van der Waals surface area contributed by atoms with E-state index in [-0.39, 0.29) is 17.1 Å². The van der Waals surface area contributed by atoms with Crippen LogP contribution in [0.1, 0.15) is 63.9 Å². The lowest BCUT2D eigenvalue weighted by Gasteiger charge is -2.58. The van der Waals surface area contributed by atoms with Gasteiger partial charge in [-0.15, -0.1) is 0 Å². The van der Waals surface area contributed by atoms with Crippen molar-refractivity contribution in [2.24, 2.45) is 5.41 Å². The SMILES string of the molecule is CC(C)(C)OC(=O)N1CC2(CC(n3cnc(C4(OCc5ccccc5)CC4)n3)C2)C1. The predicted octanol–water partition coefficient (Wildman–Crippen LogP) is 4.06. The second-order valence-electron chi connectivity index (χ2n) is 10.2. The van der Waals surface area contributed by atoms with Gasteiger partial charge in [0.05, 0.1) is 12.6 Å². The predicted molar refractivity (Wildman–Crippen MR) is 111 cm³/mol. The molecule has 1 amide bonds. The van der Waals surface area contributed by atoms with Gasteiger partial charge in [-0.05, 0) is 52.0 Å². The molecule has 0 N–H and O–H groups in total. The number of benzene rings is 1. The summed E-state index contributed by atoms with van der Waals surface area (Å²) in [5.74, 6) is 0.809. The molecule has 1 aromatic carbocycles. The monoisotopic (exact) mass is 410 g/mol. The summed E-state index contributed by atoms with van der Waals surface area (Å²) in [4.78, 5) is 18.6. The number of rotatable bonds is 5. The summed E-state index contributed by atoms with van der Waals surface area (Å²) in [6.07, 6.45) is 5.67. The van der Waals surface area contributed by atoms with Crippen molar-refractivity contribution in [3.05, 3.63) is 48.0 Å². The van der Waals surface area contributed by atoms with Gasteiger partial charge in [0.1, 0.15) is 17.5 Å². The number of carbonyl (C=O) groups excluding carboxylic acids is 1. The fourth-order valence-electron chi connectivity index (χ4n) is 4.61. The van der Waals surface area contributed by atoms with E-state index in [1.165, 1.54) is 5.56 Å². The molecule has 3 aliphatic rings. The molecule has 0 bridgehead atoms. The number of likely N-dealkylation sites (tertiary alicyclic amines) is 1. The Balaban J connectivity index is 1.13. The van der Waals surface area contributed by atoms with Gasteiger partial charge in [-0.25, -0.2) is 14.5 Å². The van der Waals surface area contributed by atoms with Crippen molar-refractivity contribution in [2.75, 3.05) is 13.1 Å². The number of hydrogen-bond acceptors (Lipinski definition) is 5. The van der Waals surface area contributed by atoms with E-state index >= 15 is 0 Å². The second-order valence-corrected chi connectivity index (χ2v) is 10.2. The van der Waals surface area contributed by atoms with E-state index in [9.17, 15) is 4.79 Å². The first-order chi connectivity index (χ1) is 14.3. The molecule has 1 spiro atoms. The molecule has 7 heteroatoms. The maximum absolute atomic E-state index is 12.2. The molecule has 2 saturated carbocycles. The van der Waals surface area contributed by atoms with Gasteiger partial charge < -0.3 is 14.4 Å². The molecular weight excluding hydrogens is 380 g/mol. The van der Waals surface area contributed by atoms with Gasteiger partial charge in [0.2, 0.25) is 0 Å². The molecule has 160 valence electrons. The lowest BCUT2D eigenvalue weighted by atomic mass is 9.61. The van der Waals surface area contributed by atoms with Crippen molar-refractivity contribution in [1.29, 1.82) is 0 Å². The van der Waals surface area contributed by atoms with E-state index in [0.29, 0.717) is 12.6 Å². The van der Waals surface area contributed by atoms with Crippen LogP contribution in [0.15, 0.2) is 36.7 Å². The van der Waals surface area contributed by atoms with E-state index in [1.807, 2.05) is 54.9 Å². The molecule has 1 aromatic heterocycles. The Morgan fingerprint density at radius 1 is 1.17 bits per heavy atom. The standard InChI is InChI=1S/C23H30N4O3/c1-21(2,3)30-20(28)26-14-22(15-26)11-18(12-22)27-16-24-19(25-27)23(9-10-23)29-13-17-7-5-4-6-8-17/h4-8,16,18H,9-15H2,1-3H3. The number of hydrogen-bond donors (Lipinski definition) is 0. The Hall–Kier alpha value is -2.41. The van der Waals surface area contributed by atoms with E-state index in [1.54, 1.807) is 0 Å². The maximum Gasteiger partial charge on any atom is 0.410 e. The summed E-state index contributed by atoms with van der Waals surface area (Å²) in [6.45, 7) is 7.85. The summed E-state index contributed by atoms with van der Waals surface area (Å²) in [7, 11) is 0. The summed E-state index contributed by atoms with van der Waals surface area (Å²) >= 11 is 0. The molecule has 5 rings (SSSR count). The van der Waals surface area contributed by atoms with Crippen LogP contribution in [0.25, 0.3) is 0 Å². The minimum atomic E-state index is -0.444. The molecule has 30 heavy (non-hydrogen) atoms. The van der Waals surface area contributed by atoms with Crippen LogP contribution in [-0.2, 0) is 21.7 Å². The third-order valence-electron chi connectivity index (χ3n) is 6.39. The van der Waals surface area contributed by atoms with E-state index < -0.39 is 5.60 Å². The van der Waals surface area contributed by atoms with Crippen LogP contribution in [0.2, 0.25) is 0 Å². The van der Waals surface area contributed by atoms with Gasteiger partial charge in [-0.3, -0.25) is 0 Å². The average molecular weight is 411 g/mol. The van der Waals surface area contributed by atoms with E-state index in [4.69, 9.17) is 14.6 Å². The van der Waals surface area contributed by atoms with Crippen LogP contribution in [0, 0.1) is 5.41 Å². The van der Waals surface area contributed by atoms with Crippen molar-refractivity contribution in [3.63, 3.8) is 0 Å². The van der Waals surface area contributed by atoms with Crippen molar-refractivity contribution >= 4 is 6.09 Å². The number of aromatic nitrogens is 3. The fourth-order valence-corrected chi connectivity index (χ4v) is 4.61. The van der Waals surface area contributed by atoms with E-state index in [2.05, 4.69) is 17.1 Å². The molecule has 0 radical (unpaired) electrons.